The highest BCUT2D eigenvalue weighted by Crippen LogP contribution is 2.30. The van der Waals surface area contributed by atoms with E-state index in [0.29, 0.717) is 12.1 Å². The molecule has 0 bridgehead atoms. The smallest absolute Gasteiger partial charge is 0.379 e. The van der Waals surface area contributed by atoms with E-state index in [2.05, 4.69) is 9.88 Å². The van der Waals surface area contributed by atoms with Crippen molar-refractivity contribution in [2.24, 2.45) is 0 Å². The van der Waals surface area contributed by atoms with Gasteiger partial charge in [-0.1, -0.05) is 0 Å². The van der Waals surface area contributed by atoms with Crippen molar-refractivity contribution in [2.75, 3.05) is 32.8 Å². The summed E-state index contributed by atoms with van der Waals surface area (Å²) in [5.41, 5.74) is -0.206. The van der Waals surface area contributed by atoms with Gasteiger partial charge >= 0.3 is 6.18 Å². The van der Waals surface area contributed by atoms with Crippen molar-refractivity contribution in [3.63, 3.8) is 0 Å². The highest BCUT2D eigenvalue weighted by Gasteiger charge is 2.32. The molecule has 1 aromatic heterocycles. The molecular weight excluding hydrogens is 309 g/mol. The molecule has 23 heavy (non-hydrogen) atoms. The third kappa shape index (κ3) is 4.65. The molecular formula is C16H21F3N2O2. The average Bonchev–Trinajstić information content (AvgIpc) is 2.95. The number of morpholine rings is 1. The minimum atomic E-state index is -4.33. The van der Waals surface area contributed by atoms with Crippen LogP contribution in [0.5, 0.6) is 0 Å². The summed E-state index contributed by atoms with van der Waals surface area (Å²) >= 11 is 0. The Morgan fingerprint density at radius 3 is 2.65 bits per heavy atom. The highest BCUT2D eigenvalue weighted by molar-refractivity contribution is 5.20. The maximum Gasteiger partial charge on any atom is 0.416 e. The predicted molar refractivity (Wildman–Crippen MR) is 78.1 cm³/mol. The second-order valence-electron chi connectivity index (χ2n) is 6.11. The summed E-state index contributed by atoms with van der Waals surface area (Å²) in [4.78, 5) is 6.37. The Labute approximate surface area is 133 Å². The normalized spacial score (nSPS) is 26.6. The third-order valence-electron chi connectivity index (χ3n) is 4.34. The Bertz CT molecular complexity index is 518. The van der Waals surface area contributed by atoms with Crippen LogP contribution in [0.2, 0.25) is 0 Å². The maximum absolute atomic E-state index is 12.7. The fraction of sp³-hybridized carbons (Fsp3) is 0.688. The van der Waals surface area contributed by atoms with Gasteiger partial charge in [0.2, 0.25) is 0 Å². The highest BCUT2D eigenvalue weighted by atomic mass is 19.4. The lowest BCUT2D eigenvalue weighted by Gasteiger charge is -2.28. The SMILES string of the molecule is FC(F)(F)c1ccnc(C[C@@H]2CC[C@H](CN3CCOCC3)O2)c1. The first-order chi connectivity index (χ1) is 11.0. The molecule has 2 aliphatic heterocycles. The topological polar surface area (TPSA) is 34.6 Å². The molecule has 3 heterocycles. The number of alkyl halides is 3. The second-order valence-corrected chi connectivity index (χ2v) is 6.11. The lowest BCUT2D eigenvalue weighted by atomic mass is 10.1. The van der Waals surface area contributed by atoms with Gasteiger partial charge in [-0.2, -0.15) is 13.2 Å². The first kappa shape index (κ1) is 16.7. The molecule has 0 aliphatic carbocycles. The Kier molecular flexibility index (Phi) is 5.18. The van der Waals surface area contributed by atoms with Crippen molar-refractivity contribution >= 4 is 0 Å². The van der Waals surface area contributed by atoms with E-state index in [1.165, 1.54) is 6.20 Å². The lowest BCUT2D eigenvalue weighted by molar-refractivity contribution is -0.137. The molecule has 128 valence electrons. The standard InChI is InChI=1S/C16H21F3N2O2/c17-16(18,19)12-3-4-20-13(9-12)10-14-1-2-15(23-14)11-21-5-7-22-8-6-21/h3-4,9,14-15H,1-2,5-8,10-11H2/t14-,15+/m0/s1. The van der Waals surface area contributed by atoms with Crippen molar-refractivity contribution < 1.29 is 22.6 Å². The largest absolute Gasteiger partial charge is 0.416 e. The van der Waals surface area contributed by atoms with Crippen LogP contribution < -0.4 is 0 Å². The molecule has 2 saturated heterocycles. The molecule has 4 nitrogen and oxygen atoms in total. The van der Waals surface area contributed by atoms with Crippen LogP contribution in [0, 0.1) is 0 Å². The van der Waals surface area contributed by atoms with Gasteiger partial charge in [0, 0.05) is 37.9 Å². The molecule has 0 spiro atoms. The van der Waals surface area contributed by atoms with E-state index < -0.39 is 11.7 Å². The van der Waals surface area contributed by atoms with E-state index >= 15 is 0 Å². The molecule has 2 atom stereocenters. The van der Waals surface area contributed by atoms with Crippen LogP contribution in [0.1, 0.15) is 24.1 Å². The van der Waals surface area contributed by atoms with Gasteiger partial charge in [0.25, 0.3) is 0 Å². The number of rotatable bonds is 4. The van der Waals surface area contributed by atoms with Crippen molar-refractivity contribution in [3.8, 4) is 0 Å². The quantitative estimate of drug-likeness (QED) is 0.850. The van der Waals surface area contributed by atoms with Gasteiger partial charge in [0.1, 0.15) is 0 Å². The summed E-state index contributed by atoms with van der Waals surface area (Å²) < 4.78 is 49.5. The Hall–Kier alpha value is -1.18. The molecule has 2 aliphatic rings. The van der Waals surface area contributed by atoms with E-state index in [1.54, 1.807) is 0 Å². The molecule has 0 aromatic carbocycles. The predicted octanol–water partition coefficient (Wildman–Crippen LogP) is 2.52. The van der Waals surface area contributed by atoms with E-state index in [0.717, 1.165) is 57.8 Å². The zero-order valence-electron chi connectivity index (χ0n) is 12.9. The molecule has 0 N–H and O–H groups in total. The summed E-state index contributed by atoms with van der Waals surface area (Å²) in [6, 6.07) is 2.12. The minimum Gasteiger partial charge on any atom is -0.379 e. The number of aromatic nitrogens is 1. The average molecular weight is 330 g/mol. The molecule has 0 amide bonds. The van der Waals surface area contributed by atoms with Gasteiger partial charge in [-0.05, 0) is 25.0 Å². The van der Waals surface area contributed by atoms with Crippen molar-refractivity contribution in [1.29, 1.82) is 0 Å². The summed E-state index contributed by atoms with van der Waals surface area (Å²) in [5.74, 6) is 0. The van der Waals surface area contributed by atoms with Crippen LogP contribution in [0.15, 0.2) is 18.3 Å². The zero-order valence-corrected chi connectivity index (χ0v) is 12.9. The Balaban J connectivity index is 1.51. The van der Waals surface area contributed by atoms with Gasteiger partial charge in [-0.15, -0.1) is 0 Å². The molecule has 0 saturated carbocycles. The minimum absolute atomic E-state index is 0.0444. The van der Waals surface area contributed by atoms with E-state index in [9.17, 15) is 13.2 Å². The van der Waals surface area contributed by atoms with Crippen LogP contribution in [-0.4, -0.2) is 54.9 Å². The molecule has 1 aromatic rings. The van der Waals surface area contributed by atoms with Crippen LogP contribution in [0.25, 0.3) is 0 Å². The lowest BCUT2D eigenvalue weighted by Crippen LogP contribution is -2.41. The van der Waals surface area contributed by atoms with Gasteiger partial charge in [0.15, 0.2) is 0 Å². The number of halogens is 3. The first-order valence-electron chi connectivity index (χ1n) is 7.98. The van der Waals surface area contributed by atoms with E-state index in [4.69, 9.17) is 9.47 Å². The number of ether oxygens (including phenoxy) is 2. The maximum atomic E-state index is 12.7. The van der Waals surface area contributed by atoms with E-state index in [1.807, 2.05) is 0 Å². The molecule has 0 radical (unpaired) electrons. The number of hydrogen-bond acceptors (Lipinski definition) is 4. The number of nitrogens with zero attached hydrogens (tertiary/aromatic N) is 2. The summed E-state index contributed by atoms with van der Waals surface area (Å²) in [7, 11) is 0. The third-order valence-corrected chi connectivity index (χ3v) is 4.34. The fourth-order valence-electron chi connectivity index (χ4n) is 3.14. The summed E-state index contributed by atoms with van der Waals surface area (Å²) in [6.07, 6.45) is -0.746. The van der Waals surface area contributed by atoms with Crippen LogP contribution in [-0.2, 0) is 22.1 Å². The van der Waals surface area contributed by atoms with Crippen LogP contribution >= 0.6 is 0 Å². The van der Waals surface area contributed by atoms with Gasteiger partial charge < -0.3 is 9.47 Å². The van der Waals surface area contributed by atoms with Crippen molar-refractivity contribution in [2.45, 2.75) is 37.6 Å². The molecule has 7 heteroatoms. The molecule has 2 fully saturated rings. The molecule has 0 unspecified atom stereocenters. The Morgan fingerprint density at radius 2 is 1.91 bits per heavy atom. The number of hydrogen-bond donors (Lipinski definition) is 0. The Morgan fingerprint density at radius 1 is 1.17 bits per heavy atom. The summed E-state index contributed by atoms with van der Waals surface area (Å²) in [5, 5.41) is 0. The zero-order chi connectivity index (χ0) is 16.3. The van der Waals surface area contributed by atoms with Gasteiger partial charge in [0.05, 0.1) is 31.0 Å². The van der Waals surface area contributed by atoms with E-state index in [-0.39, 0.29) is 12.2 Å². The van der Waals surface area contributed by atoms with Crippen LogP contribution in [0.4, 0.5) is 13.2 Å². The summed E-state index contributed by atoms with van der Waals surface area (Å²) in [6.45, 7) is 4.21. The molecule has 3 rings (SSSR count). The fourth-order valence-corrected chi connectivity index (χ4v) is 3.14. The van der Waals surface area contributed by atoms with Crippen molar-refractivity contribution in [3.05, 3.63) is 29.6 Å². The van der Waals surface area contributed by atoms with Gasteiger partial charge in [-0.25, -0.2) is 0 Å². The van der Waals surface area contributed by atoms with Crippen molar-refractivity contribution in [1.82, 2.24) is 9.88 Å². The number of pyridine rings is 1. The monoisotopic (exact) mass is 330 g/mol. The second kappa shape index (κ2) is 7.15. The van der Waals surface area contributed by atoms with Crippen LogP contribution in [0.3, 0.4) is 0 Å². The van der Waals surface area contributed by atoms with Gasteiger partial charge in [-0.3, -0.25) is 9.88 Å². The first-order valence-corrected chi connectivity index (χ1v) is 7.98.